The molecule has 2 amide bonds. The second-order valence-corrected chi connectivity index (χ2v) is 6.51. The van der Waals surface area contributed by atoms with Crippen LogP contribution < -0.4 is 10.6 Å². The lowest BCUT2D eigenvalue weighted by Crippen LogP contribution is -2.37. The molecule has 2 rings (SSSR count). The van der Waals surface area contributed by atoms with E-state index in [-0.39, 0.29) is 24.3 Å². The quantitative estimate of drug-likeness (QED) is 0.718. The van der Waals surface area contributed by atoms with Crippen molar-refractivity contribution in [3.05, 3.63) is 35.4 Å². The fourth-order valence-corrected chi connectivity index (χ4v) is 3.13. The van der Waals surface area contributed by atoms with Gasteiger partial charge in [-0.05, 0) is 43.4 Å². The third-order valence-corrected chi connectivity index (χ3v) is 4.59. The molecular weight excluding hydrogens is 304 g/mol. The molecule has 1 aromatic carbocycles. The highest BCUT2D eigenvalue weighted by molar-refractivity contribution is 5.99. The van der Waals surface area contributed by atoms with Crippen LogP contribution in [0.3, 0.4) is 0 Å². The molecular formula is C19H28N2O3. The van der Waals surface area contributed by atoms with E-state index in [4.69, 9.17) is 0 Å². The Morgan fingerprint density at radius 2 is 1.75 bits per heavy atom. The predicted molar refractivity (Wildman–Crippen MR) is 94.0 cm³/mol. The molecule has 24 heavy (non-hydrogen) atoms. The van der Waals surface area contributed by atoms with Crippen LogP contribution in [0.1, 0.15) is 66.2 Å². The Morgan fingerprint density at radius 3 is 2.38 bits per heavy atom. The summed E-state index contributed by atoms with van der Waals surface area (Å²) < 4.78 is 0. The highest BCUT2D eigenvalue weighted by atomic mass is 16.3. The molecule has 1 atom stereocenters. The number of hydrogen-bond donors (Lipinski definition) is 3. The van der Waals surface area contributed by atoms with E-state index in [1.807, 2.05) is 6.92 Å². The molecule has 132 valence electrons. The number of nitrogens with one attached hydrogen (secondary N) is 2. The van der Waals surface area contributed by atoms with Gasteiger partial charge in [-0.3, -0.25) is 9.59 Å². The molecule has 1 aromatic rings. The fraction of sp³-hybridized carbons (Fsp3) is 0.579. The van der Waals surface area contributed by atoms with Crippen LogP contribution in [0.5, 0.6) is 0 Å². The largest absolute Gasteiger partial charge is 0.391 e. The Balaban J connectivity index is 1.88. The van der Waals surface area contributed by atoms with Gasteiger partial charge in [0.15, 0.2) is 0 Å². The summed E-state index contributed by atoms with van der Waals surface area (Å²) in [4.78, 5) is 24.2. The number of benzene rings is 1. The van der Waals surface area contributed by atoms with Crippen LogP contribution in [0, 0.1) is 5.92 Å². The number of amides is 2. The summed E-state index contributed by atoms with van der Waals surface area (Å²) in [7, 11) is 0. The first kappa shape index (κ1) is 18.5. The van der Waals surface area contributed by atoms with Crippen molar-refractivity contribution >= 4 is 11.8 Å². The van der Waals surface area contributed by atoms with Crippen LogP contribution >= 0.6 is 0 Å². The highest BCUT2D eigenvalue weighted by Gasteiger charge is 2.22. The van der Waals surface area contributed by atoms with Crippen LogP contribution in [-0.2, 0) is 0 Å². The minimum atomic E-state index is -0.495. The lowest BCUT2D eigenvalue weighted by atomic mass is 9.85. The summed E-state index contributed by atoms with van der Waals surface area (Å²) in [5.41, 5.74) is 0.916. The van der Waals surface area contributed by atoms with E-state index in [1.54, 1.807) is 24.3 Å². The molecule has 1 aliphatic rings. The molecule has 3 N–H and O–H groups in total. The van der Waals surface area contributed by atoms with Gasteiger partial charge in [-0.25, -0.2) is 0 Å². The Kier molecular flexibility index (Phi) is 7.25. The van der Waals surface area contributed by atoms with Gasteiger partial charge in [-0.2, -0.15) is 0 Å². The summed E-state index contributed by atoms with van der Waals surface area (Å²) in [5.74, 6) is -0.144. The topological polar surface area (TPSA) is 78.4 Å². The van der Waals surface area contributed by atoms with E-state index in [0.717, 1.165) is 32.1 Å². The zero-order valence-electron chi connectivity index (χ0n) is 14.4. The van der Waals surface area contributed by atoms with Crippen molar-refractivity contribution in [2.75, 3.05) is 13.1 Å². The molecule has 0 saturated heterocycles. The van der Waals surface area contributed by atoms with Crippen LogP contribution in [0.4, 0.5) is 0 Å². The Morgan fingerprint density at radius 1 is 1.12 bits per heavy atom. The van der Waals surface area contributed by atoms with Gasteiger partial charge in [0.25, 0.3) is 11.8 Å². The third kappa shape index (κ3) is 5.34. The van der Waals surface area contributed by atoms with Crippen LogP contribution in [-0.4, -0.2) is 36.1 Å². The zero-order valence-corrected chi connectivity index (χ0v) is 14.4. The first-order chi connectivity index (χ1) is 11.6. The van der Waals surface area contributed by atoms with E-state index >= 15 is 0 Å². The molecule has 5 nitrogen and oxygen atoms in total. The van der Waals surface area contributed by atoms with Crippen molar-refractivity contribution < 1.29 is 14.7 Å². The minimum absolute atomic E-state index is 0.172. The Labute approximate surface area is 143 Å². The molecule has 1 aliphatic carbocycles. The average molecular weight is 332 g/mol. The van der Waals surface area contributed by atoms with Crippen molar-refractivity contribution in [3.63, 3.8) is 0 Å². The summed E-state index contributed by atoms with van der Waals surface area (Å²) >= 11 is 0. The molecule has 5 heteroatoms. The van der Waals surface area contributed by atoms with Crippen LogP contribution in [0.15, 0.2) is 24.3 Å². The van der Waals surface area contributed by atoms with Crippen molar-refractivity contribution in [1.29, 1.82) is 0 Å². The van der Waals surface area contributed by atoms with Gasteiger partial charge in [0.2, 0.25) is 0 Å². The lowest BCUT2D eigenvalue weighted by molar-refractivity contribution is 0.0738. The summed E-state index contributed by atoms with van der Waals surface area (Å²) in [6.45, 7) is 2.86. The average Bonchev–Trinajstić information content (AvgIpc) is 2.64. The number of aliphatic hydroxyl groups is 1. The lowest BCUT2D eigenvalue weighted by Gasteiger charge is -2.26. The molecule has 1 fully saturated rings. The van der Waals surface area contributed by atoms with E-state index in [9.17, 15) is 14.7 Å². The van der Waals surface area contributed by atoms with Gasteiger partial charge in [0.1, 0.15) is 0 Å². The normalized spacial score (nSPS) is 16.4. The van der Waals surface area contributed by atoms with E-state index in [2.05, 4.69) is 10.6 Å². The third-order valence-electron chi connectivity index (χ3n) is 4.59. The Bertz CT molecular complexity index is 553. The first-order valence-electron chi connectivity index (χ1n) is 8.96. The summed E-state index contributed by atoms with van der Waals surface area (Å²) in [6, 6.07) is 6.66. The second-order valence-electron chi connectivity index (χ2n) is 6.51. The zero-order chi connectivity index (χ0) is 17.4. The number of hydrogen-bond acceptors (Lipinski definition) is 3. The SMILES string of the molecule is CCCNC(=O)c1cccc(C(=O)NC[C@H](O)C2CCCCC2)c1. The molecule has 0 aromatic heterocycles. The van der Waals surface area contributed by atoms with E-state index in [0.29, 0.717) is 17.7 Å². The van der Waals surface area contributed by atoms with Gasteiger partial charge >= 0.3 is 0 Å². The molecule has 1 saturated carbocycles. The maximum Gasteiger partial charge on any atom is 0.251 e. The van der Waals surface area contributed by atoms with Crippen LogP contribution in [0.2, 0.25) is 0 Å². The molecule has 0 heterocycles. The fourth-order valence-electron chi connectivity index (χ4n) is 3.13. The predicted octanol–water partition coefficient (Wildman–Crippen LogP) is 2.50. The van der Waals surface area contributed by atoms with Gasteiger partial charge in [0.05, 0.1) is 6.10 Å². The maximum atomic E-state index is 12.3. The molecule has 0 bridgehead atoms. The second kappa shape index (κ2) is 9.42. The maximum absolute atomic E-state index is 12.3. The van der Waals surface area contributed by atoms with Crippen molar-refractivity contribution in [3.8, 4) is 0 Å². The molecule has 0 radical (unpaired) electrons. The van der Waals surface area contributed by atoms with Crippen molar-refractivity contribution in [2.24, 2.45) is 5.92 Å². The van der Waals surface area contributed by atoms with Gasteiger partial charge < -0.3 is 15.7 Å². The monoisotopic (exact) mass is 332 g/mol. The summed E-state index contributed by atoms with van der Waals surface area (Å²) in [6.07, 6.45) is 5.99. The molecule has 0 unspecified atom stereocenters. The summed E-state index contributed by atoms with van der Waals surface area (Å²) in [5, 5.41) is 15.8. The van der Waals surface area contributed by atoms with Gasteiger partial charge in [-0.1, -0.05) is 32.3 Å². The number of rotatable bonds is 7. The standard InChI is InChI=1S/C19H28N2O3/c1-2-11-20-18(23)15-9-6-10-16(12-15)19(24)21-13-17(22)14-7-4-3-5-8-14/h6,9-10,12,14,17,22H,2-5,7-8,11,13H2,1H3,(H,20,23)(H,21,24)/t17-/m0/s1. The van der Waals surface area contributed by atoms with Crippen molar-refractivity contribution in [2.45, 2.75) is 51.6 Å². The number of carbonyl (C=O) groups excluding carboxylic acids is 2. The van der Waals surface area contributed by atoms with E-state index in [1.165, 1.54) is 6.42 Å². The Hall–Kier alpha value is -1.88. The number of aliphatic hydroxyl groups excluding tert-OH is 1. The highest BCUT2D eigenvalue weighted by Crippen LogP contribution is 2.26. The first-order valence-corrected chi connectivity index (χ1v) is 8.96. The minimum Gasteiger partial charge on any atom is -0.391 e. The van der Waals surface area contributed by atoms with Gasteiger partial charge in [-0.15, -0.1) is 0 Å². The van der Waals surface area contributed by atoms with Crippen molar-refractivity contribution in [1.82, 2.24) is 10.6 Å². The molecule has 0 spiro atoms. The smallest absolute Gasteiger partial charge is 0.251 e. The van der Waals surface area contributed by atoms with Crippen LogP contribution in [0.25, 0.3) is 0 Å². The van der Waals surface area contributed by atoms with E-state index < -0.39 is 6.10 Å². The molecule has 0 aliphatic heterocycles. The number of carbonyl (C=O) groups is 2. The van der Waals surface area contributed by atoms with Gasteiger partial charge in [0, 0.05) is 24.2 Å².